The lowest BCUT2D eigenvalue weighted by Crippen LogP contribution is -2.25. The van der Waals surface area contributed by atoms with Crippen molar-refractivity contribution in [3.05, 3.63) is 23.3 Å². The Morgan fingerprint density at radius 3 is 2.44 bits per heavy atom. The summed E-state index contributed by atoms with van der Waals surface area (Å²) in [6.45, 7) is 8.54. The fourth-order valence-electron chi connectivity index (χ4n) is 1.99. The SMILES string of the molecule is Cc1cc(NC(C)C2(C)CC2)c(C)cc1O. The van der Waals surface area contributed by atoms with Crippen LogP contribution < -0.4 is 5.32 Å². The molecule has 0 aliphatic heterocycles. The summed E-state index contributed by atoms with van der Waals surface area (Å²) < 4.78 is 0. The van der Waals surface area contributed by atoms with Crippen LogP contribution in [0.1, 0.15) is 37.8 Å². The van der Waals surface area contributed by atoms with Gasteiger partial charge in [-0.1, -0.05) is 6.92 Å². The number of benzene rings is 1. The van der Waals surface area contributed by atoms with Crippen LogP contribution in [0, 0.1) is 19.3 Å². The molecule has 1 saturated carbocycles. The topological polar surface area (TPSA) is 32.3 Å². The zero-order chi connectivity index (χ0) is 11.9. The predicted octanol–water partition coefficient (Wildman–Crippen LogP) is 3.61. The van der Waals surface area contributed by atoms with Crippen LogP contribution >= 0.6 is 0 Å². The zero-order valence-electron chi connectivity index (χ0n) is 10.6. The maximum Gasteiger partial charge on any atom is 0.118 e. The van der Waals surface area contributed by atoms with E-state index in [4.69, 9.17) is 0 Å². The summed E-state index contributed by atoms with van der Waals surface area (Å²) in [6.07, 6.45) is 2.63. The Hall–Kier alpha value is -1.18. The van der Waals surface area contributed by atoms with Crippen molar-refractivity contribution in [2.45, 2.75) is 46.6 Å². The van der Waals surface area contributed by atoms with Crippen molar-refractivity contribution in [2.24, 2.45) is 5.41 Å². The van der Waals surface area contributed by atoms with Gasteiger partial charge in [0.1, 0.15) is 5.75 Å². The van der Waals surface area contributed by atoms with Crippen molar-refractivity contribution in [3.63, 3.8) is 0 Å². The molecule has 0 amide bonds. The molecule has 2 nitrogen and oxygen atoms in total. The molecule has 1 aromatic carbocycles. The van der Waals surface area contributed by atoms with Gasteiger partial charge in [-0.2, -0.15) is 0 Å². The summed E-state index contributed by atoms with van der Waals surface area (Å²) in [4.78, 5) is 0. The highest BCUT2D eigenvalue weighted by molar-refractivity contribution is 5.57. The Labute approximate surface area is 97.7 Å². The molecular formula is C14H21NO. The van der Waals surface area contributed by atoms with Crippen LogP contribution in [0.3, 0.4) is 0 Å². The van der Waals surface area contributed by atoms with Crippen molar-refractivity contribution in [3.8, 4) is 5.75 Å². The second-order valence-electron chi connectivity index (χ2n) is 5.47. The summed E-state index contributed by atoms with van der Waals surface area (Å²) in [5, 5.41) is 13.2. The maximum atomic E-state index is 9.60. The van der Waals surface area contributed by atoms with Crippen molar-refractivity contribution in [1.29, 1.82) is 0 Å². The Kier molecular flexibility index (Phi) is 2.61. The van der Waals surface area contributed by atoms with Crippen molar-refractivity contribution in [1.82, 2.24) is 0 Å². The Morgan fingerprint density at radius 1 is 1.25 bits per heavy atom. The van der Waals surface area contributed by atoms with E-state index < -0.39 is 0 Å². The molecule has 0 aromatic heterocycles. The molecular weight excluding hydrogens is 198 g/mol. The van der Waals surface area contributed by atoms with Gasteiger partial charge in [0.15, 0.2) is 0 Å². The quantitative estimate of drug-likeness (QED) is 0.761. The normalized spacial score (nSPS) is 19.2. The fourth-order valence-corrected chi connectivity index (χ4v) is 1.99. The van der Waals surface area contributed by atoms with Gasteiger partial charge in [-0.25, -0.2) is 0 Å². The number of hydrogen-bond donors (Lipinski definition) is 2. The standard InChI is InChI=1S/C14H21NO/c1-9-8-13(16)10(2)7-12(9)15-11(3)14(4)5-6-14/h7-8,11,15-16H,5-6H2,1-4H3. The largest absolute Gasteiger partial charge is 0.508 e. The fraction of sp³-hybridized carbons (Fsp3) is 0.571. The van der Waals surface area contributed by atoms with E-state index in [0.29, 0.717) is 17.2 Å². The molecule has 2 rings (SSSR count). The minimum atomic E-state index is 0.383. The van der Waals surface area contributed by atoms with Gasteiger partial charge in [0.25, 0.3) is 0 Å². The van der Waals surface area contributed by atoms with E-state index in [1.807, 2.05) is 26.0 Å². The number of anilines is 1. The van der Waals surface area contributed by atoms with Crippen molar-refractivity contribution < 1.29 is 5.11 Å². The number of hydrogen-bond acceptors (Lipinski definition) is 2. The average Bonchev–Trinajstić information content (AvgIpc) is 2.94. The van der Waals surface area contributed by atoms with E-state index in [-0.39, 0.29) is 0 Å². The number of nitrogens with one attached hydrogen (secondary N) is 1. The average molecular weight is 219 g/mol. The number of phenols is 1. The van der Waals surface area contributed by atoms with Crippen LogP contribution in [0.5, 0.6) is 5.75 Å². The summed E-state index contributed by atoms with van der Waals surface area (Å²) in [6, 6.07) is 4.36. The van der Waals surface area contributed by atoms with Gasteiger partial charge in [-0.3, -0.25) is 0 Å². The number of phenolic OH excluding ortho intramolecular Hbond substituents is 1. The van der Waals surface area contributed by atoms with Crippen LogP contribution in [-0.2, 0) is 0 Å². The highest BCUT2D eigenvalue weighted by Crippen LogP contribution is 2.49. The summed E-state index contributed by atoms with van der Waals surface area (Å²) in [5.74, 6) is 0.383. The molecule has 0 spiro atoms. The van der Waals surface area contributed by atoms with Gasteiger partial charge in [0, 0.05) is 11.7 Å². The van der Waals surface area contributed by atoms with Gasteiger partial charge in [-0.05, 0) is 62.3 Å². The molecule has 1 atom stereocenters. The summed E-state index contributed by atoms with van der Waals surface area (Å²) in [7, 11) is 0. The van der Waals surface area contributed by atoms with Crippen LogP contribution in [0.2, 0.25) is 0 Å². The molecule has 2 heteroatoms. The third-order valence-corrected chi connectivity index (χ3v) is 4.00. The first-order valence-electron chi connectivity index (χ1n) is 5.99. The lowest BCUT2D eigenvalue weighted by Gasteiger charge is -2.23. The Bertz CT molecular complexity index is 407. The van der Waals surface area contributed by atoms with Crippen molar-refractivity contribution >= 4 is 5.69 Å². The lowest BCUT2D eigenvalue weighted by molar-refractivity contribution is 0.470. The lowest BCUT2D eigenvalue weighted by atomic mass is 9.99. The third-order valence-electron chi connectivity index (χ3n) is 4.00. The minimum absolute atomic E-state index is 0.383. The first-order chi connectivity index (χ1) is 7.42. The van der Waals surface area contributed by atoms with E-state index >= 15 is 0 Å². The molecule has 1 unspecified atom stereocenters. The number of aromatic hydroxyl groups is 1. The minimum Gasteiger partial charge on any atom is -0.508 e. The monoisotopic (exact) mass is 219 g/mol. The molecule has 0 saturated heterocycles. The van der Waals surface area contributed by atoms with E-state index in [1.165, 1.54) is 12.8 Å². The summed E-state index contributed by atoms with van der Waals surface area (Å²) in [5.41, 5.74) is 3.66. The molecule has 0 bridgehead atoms. The smallest absolute Gasteiger partial charge is 0.118 e. The van der Waals surface area contributed by atoms with E-state index in [2.05, 4.69) is 19.2 Å². The first kappa shape index (κ1) is 11.3. The van der Waals surface area contributed by atoms with Gasteiger partial charge in [0.2, 0.25) is 0 Å². The third kappa shape index (κ3) is 2.01. The number of aryl methyl sites for hydroxylation is 2. The molecule has 2 N–H and O–H groups in total. The molecule has 16 heavy (non-hydrogen) atoms. The van der Waals surface area contributed by atoms with Gasteiger partial charge in [0.05, 0.1) is 0 Å². The Morgan fingerprint density at radius 2 is 1.88 bits per heavy atom. The van der Waals surface area contributed by atoms with Crippen LogP contribution in [0.25, 0.3) is 0 Å². The molecule has 0 radical (unpaired) electrons. The molecule has 1 aliphatic carbocycles. The van der Waals surface area contributed by atoms with Crippen LogP contribution in [0.15, 0.2) is 12.1 Å². The van der Waals surface area contributed by atoms with Crippen LogP contribution in [0.4, 0.5) is 5.69 Å². The molecule has 1 aliphatic rings. The van der Waals surface area contributed by atoms with E-state index in [0.717, 1.165) is 16.8 Å². The van der Waals surface area contributed by atoms with Crippen LogP contribution in [-0.4, -0.2) is 11.1 Å². The molecule has 1 fully saturated rings. The Balaban J connectivity index is 2.18. The number of rotatable bonds is 3. The van der Waals surface area contributed by atoms with E-state index in [1.54, 1.807) is 0 Å². The predicted molar refractivity (Wildman–Crippen MR) is 68.0 cm³/mol. The highest BCUT2D eigenvalue weighted by Gasteiger charge is 2.42. The highest BCUT2D eigenvalue weighted by atomic mass is 16.3. The van der Waals surface area contributed by atoms with E-state index in [9.17, 15) is 5.11 Å². The molecule has 0 heterocycles. The molecule has 1 aromatic rings. The second kappa shape index (κ2) is 3.69. The molecule has 88 valence electrons. The summed E-state index contributed by atoms with van der Waals surface area (Å²) >= 11 is 0. The second-order valence-corrected chi connectivity index (χ2v) is 5.47. The van der Waals surface area contributed by atoms with Gasteiger partial charge < -0.3 is 10.4 Å². The van der Waals surface area contributed by atoms with Gasteiger partial charge in [-0.15, -0.1) is 0 Å². The first-order valence-corrected chi connectivity index (χ1v) is 5.99. The van der Waals surface area contributed by atoms with Gasteiger partial charge >= 0.3 is 0 Å². The maximum absolute atomic E-state index is 9.60. The van der Waals surface area contributed by atoms with Crippen molar-refractivity contribution in [2.75, 3.05) is 5.32 Å². The zero-order valence-corrected chi connectivity index (χ0v) is 10.6.